The van der Waals surface area contributed by atoms with E-state index < -0.39 is 5.60 Å². The second kappa shape index (κ2) is 7.66. The maximum atomic E-state index is 12.3. The number of piperidine rings is 1. The average molecular weight is 299 g/mol. The molecule has 1 rings (SSSR count). The fourth-order valence-corrected chi connectivity index (χ4v) is 2.81. The van der Waals surface area contributed by atoms with Crippen LogP contribution < -0.4 is 0 Å². The molecule has 0 N–H and O–H groups in total. The molecule has 1 fully saturated rings. The molecule has 1 aliphatic heterocycles. The van der Waals surface area contributed by atoms with Crippen LogP contribution in [-0.4, -0.2) is 42.3 Å². The minimum Gasteiger partial charge on any atom is -0.469 e. The van der Waals surface area contributed by atoms with E-state index in [9.17, 15) is 9.59 Å². The van der Waals surface area contributed by atoms with Crippen LogP contribution in [0.1, 0.15) is 59.8 Å². The smallest absolute Gasteiger partial charge is 0.410 e. The summed E-state index contributed by atoms with van der Waals surface area (Å²) in [5.74, 6) is 0.133. The van der Waals surface area contributed by atoms with Crippen LogP contribution in [0, 0.1) is 5.92 Å². The van der Waals surface area contributed by atoms with Gasteiger partial charge in [-0.15, -0.1) is 0 Å². The van der Waals surface area contributed by atoms with E-state index in [1.54, 1.807) is 0 Å². The number of ether oxygens (including phenoxy) is 2. The molecule has 21 heavy (non-hydrogen) atoms. The highest BCUT2D eigenvalue weighted by molar-refractivity contribution is 5.70. The van der Waals surface area contributed by atoms with Gasteiger partial charge in [-0.05, 0) is 46.0 Å². The van der Waals surface area contributed by atoms with E-state index in [0.29, 0.717) is 18.9 Å². The third kappa shape index (κ3) is 5.94. The maximum Gasteiger partial charge on any atom is 0.410 e. The molecule has 0 spiro atoms. The summed E-state index contributed by atoms with van der Waals surface area (Å²) < 4.78 is 10.2. The Kier molecular flexibility index (Phi) is 6.49. The van der Waals surface area contributed by atoms with Gasteiger partial charge >= 0.3 is 12.1 Å². The third-order valence-corrected chi connectivity index (χ3v) is 3.76. The zero-order valence-corrected chi connectivity index (χ0v) is 14.0. The normalized spacial score (nSPS) is 22.8. The van der Waals surface area contributed by atoms with Crippen molar-refractivity contribution in [1.29, 1.82) is 0 Å². The Morgan fingerprint density at radius 1 is 1.29 bits per heavy atom. The molecule has 2 atom stereocenters. The Morgan fingerprint density at radius 3 is 2.48 bits per heavy atom. The number of carbonyl (C=O) groups is 2. The first-order valence-electron chi connectivity index (χ1n) is 7.83. The molecule has 1 amide bonds. The van der Waals surface area contributed by atoms with E-state index in [0.717, 1.165) is 25.7 Å². The third-order valence-electron chi connectivity index (χ3n) is 3.76. The lowest BCUT2D eigenvalue weighted by atomic mass is 9.87. The van der Waals surface area contributed by atoms with Gasteiger partial charge in [0.25, 0.3) is 0 Å². The van der Waals surface area contributed by atoms with Gasteiger partial charge in [-0.3, -0.25) is 4.79 Å². The molecule has 0 aliphatic carbocycles. The highest BCUT2D eigenvalue weighted by Gasteiger charge is 2.34. The van der Waals surface area contributed by atoms with E-state index in [-0.39, 0.29) is 18.1 Å². The number of esters is 1. The summed E-state index contributed by atoms with van der Waals surface area (Å²) in [5, 5.41) is 0. The van der Waals surface area contributed by atoms with Crippen molar-refractivity contribution in [2.24, 2.45) is 5.92 Å². The number of carbonyl (C=O) groups excluding carboxylic acids is 2. The quantitative estimate of drug-likeness (QED) is 0.747. The largest absolute Gasteiger partial charge is 0.469 e. The Bertz CT molecular complexity index is 362. The first kappa shape index (κ1) is 17.8. The Morgan fingerprint density at radius 2 is 1.95 bits per heavy atom. The number of methoxy groups -OCH3 is 1. The van der Waals surface area contributed by atoms with E-state index in [4.69, 9.17) is 9.47 Å². The van der Waals surface area contributed by atoms with Crippen LogP contribution in [0.5, 0.6) is 0 Å². The molecule has 0 radical (unpaired) electrons. The molecule has 0 saturated carbocycles. The molecule has 0 bridgehead atoms. The fourth-order valence-electron chi connectivity index (χ4n) is 2.81. The standard InChI is InChI=1S/C16H29NO4/c1-6-7-13-10-12(11-14(18)20-5)8-9-17(13)15(19)21-16(2,3)4/h12-13H,6-11H2,1-5H3. The number of amides is 1. The zero-order chi connectivity index (χ0) is 16.0. The van der Waals surface area contributed by atoms with Crippen molar-refractivity contribution in [3.8, 4) is 0 Å². The van der Waals surface area contributed by atoms with Crippen LogP contribution in [-0.2, 0) is 14.3 Å². The average Bonchev–Trinajstić information content (AvgIpc) is 2.37. The van der Waals surface area contributed by atoms with Gasteiger partial charge in [0.2, 0.25) is 0 Å². The Labute approximate surface area is 128 Å². The summed E-state index contributed by atoms with van der Waals surface area (Å²) in [6, 6.07) is 0.160. The zero-order valence-electron chi connectivity index (χ0n) is 14.0. The molecule has 122 valence electrons. The Hall–Kier alpha value is -1.26. The van der Waals surface area contributed by atoms with Gasteiger partial charge in [0, 0.05) is 19.0 Å². The van der Waals surface area contributed by atoms with E-state index in [2.05, 4.69) is 6.92 Å². The lowest BCUT2D eigenvalue weighted by molar-refractivity contribution is -0.142. The summed E-state index contributed by atoms with van der Waals surface area (Å²) in [4.78, 5) is 25.6. The van der Waals surface area contributed by atoms with Gasteiger partial charge in [0.1, 0.15) is 5.60 Å². The molecule has 0 aromatic carbocycles. The first-order valence-corrected chi connectivity index (χ1v) is 7.83. The lowest BCUT2D eigenvalue weighted by Crippen LogP contribution is -2.48. The molecular formula is C16H29NO4. The fraction of sp³-hybridized carbons (Fsp3) is 0.875. The van der Waals surface area contributed by atoms with Gasteiger partial charge in [-0.1, -0.05) is 13.3 Å². The second-order valence-corrected chi connectivity index (χ2v) is 6.79. The van der Waals surface area contributed by atoms with Crippen molar-refractivity contribution >= 4 is 12.1 Å². The van der Waals surface area contributed by atoms with Crippen molar-refractivity contribution in [3.63, 3.8) is 0 Å². The SMILES string of the molecule is CCCC1CC(CC(=O)OC)CCN1C(=O)OC(C)(C)C. The predicted molar refractivity (Wildman–Crippen MR) is 81.0 cm³/mol. The van der Waals surface area contributed by atoms with Crippen LogP contribution in [0.4, 0.5) is 4.79 Å². The second-order valence-electron chi connectivity index (χ2n) is 6.79. The summed E-state index contributed by atoms with van der Waals surface area (Å²) in [6.45, 7) is 8.40. The number of rotatable bonds is 4. The minimum absolute atomic E-state index is 0.160. The molecule has 0 aromatic rings. The molecule has 5 nitrogen and oxygen atoms in total. The molecule has 1 saturated heterocycles. The van der Waals surface area contributed by atoms with Gasteiger partial charge in [-0.2, -0.15) is 0 Å². The molecule has 5 heteroatoms. The van der Waals surface area contributed by atoms with Crippen LogP contribution in [0.25, 0.3) is 0 Å². The van der Waals surface area contributed by atoms with Crippen molar-refractivity contribution in [2.75, 3.05) is 13.7 Å². The number of hydrogen-bond acceptors (Lipinski definition) is 4. The number of likely N-dealkylation sites (tertiary alicyclic amines) is 1. The van der Waals surface area contributed by atoms with Gasteiger partial charge in [0.15, 0.2) is 0 Å². The monoisotopic (exact) mass is 299 g/mol. The van der Waals surface area contributed by atoms with Crippen LogP contribution in [0.2, 0.25) is 0 Å². The van der Waals surface area contributed by atoms with E-state index >= 15 is 0 Å². The Balaban J connectivity index is 2.65. The van der Waals surface area contributed by atoms with Crippen molar-refractivity contribution in [1.82, 2.24) is 4.90 Å². The number of hydrogen-bond donors (Lipinski definition) is 0. The van der Waals surface area contributed by atoms with E-state index in [1.165, 1.54) is 7.11 Å². The van der Waals surface area contributed by atoms with Gasteiger partial charge in [-0.25, -0.2) is 4.79 Å². The van der Waals surface area contributed by atoms with Gasteiger partial charge < -0.3 is 14.4 Å². The summed E-state index contributed by atoms with van der Waals surface area (Å²) in [6.07, 6.45) is 3.83. The van der Waals surface area contributed by atoms with Crippen LogP contribution >= 0.6 is 0 Å². The highest BCUT2D eigenvalue weighted by atomic mass is 16.6. The molecule has 1 aliphatic rings. The lowest BCUT2D eigenvalue weighted by Gasteiger charge is -2.39. The molecule has 2 unspecified atom stereocenters. The topological polar surface area (TPSA) is 55.8 Å². The summed E-state index contributed by atoms with van der Waals surface area (Å²) in [5.41, 5.74) is -0.475. The highest BCUT2D eigenvalue weighted by Crippen LogP contribution is 2.29. The van der Waals surface area contributed by atoms with Crippen LogP contribution in [0.15, 0.2) is 0 Å². The molecule has 1 heterocycles. The van der Waals surface area contributed by atoms with E-state index in [1.807, 2.05) is 25.7 Å². The maximum absolute atomic E-state index is 12.3. The van der Waals surface area contributed by atoms with Crippen molar-refractivity contribution < 1.29 is 19.1 Å². The van der Waals surface area contributed by atoms with Crippen LogP contribution in [0.3, 0.4) is 0 Å². The van der Waals surface area contributed by atoms with Gasteiger partial charge in [0.05, 0.1) is 7.11 Å². The minimum atomic E-state index is -0.475. The predicted octanol–water partition coefficient (Wildman–Crippen LogP) is 3.37. The molecular weight excluding hydrogens is 270 g/mol. The first-order chi connectivity index (χ1) is 9.76. The molecule has 0 aromatic heterocycles. The summed E-state index contributed by atoms with van der Waals surface area (Å²) >= 11 is 0. The summed E-state index contributed by atoms with van der Waals surface area (Å²) in [7, 11) is 1.42. The van der Waals surface area contributed by atoms with Crippen molar-refractivity contribution in [2.45, 2.75) is 71.4 Å². The number of nitrogens with zero attached hydrogens (tertiary/aromatic N) is 1. The van der Waals surface area contributed by atoms with Crippen molar-refractivity contribution in [3.05, 3.63) is 0 Å².